The summed E-state index contributed by atoms with van der Waals surface area (Å²) in [5.41, 5.74) is 1.05. The van der Waals surface area contributed by atoms with Crippen LogP contribution in [0.25, 0.3) is 0 Å². The van der Waals surface area contributed by atoms with Crippen LogP contribution in [0, 0.1) is 11.3 Å². The van der Waals surface area contributed by atoms with Crippen LogP contribution in [-0.2, 0) is 0 Å². The number of nitrogens with one attached hydrogen (secondary N) is 1. The molecule has 1 unspecified atom stereocenters. The lowest BCUT2D eigenvalue weighted by Crippen LogP contribution is -2.38. The average molecular weight is 250 g/mol. The zero-order chi connectivity index (χ0) is 12.9. The van der Waals surface area contributed by atoms with Gasteiger partial charge in [-0.1, -0.05) is 13.0 Å². The molecule has 0 saturated carbocycles. The van der Waals surface area contributed by atoms with Crippen molar-refractivity contribution in [2.24, 2.45) is 0 Å². The number of rotatable bonds is 5. The highest BCUT2D eigenvalue weighted by molar-refractivity contribution is 7.98. The zero-order valence-electron chi connectivity index (χ0n) is 10.4. The molecular formula is C13H18N2OS. The molecule has 1 aromatic rings. The van der Waals surface area contributed by atoms with Crippen LogP contribution >= 0.6 is 11.8 Å². The Morgan fingerprint density at radius 3 is 2.71 bits per heavy atom. The number of hydrogen-bond donors (Lipinski definition) is 2. The van der Waals surface area contributed by atoms with E-state index in [0.717, 1.165) is 17.0 Å². The maximum atomic E-state index is 9.39. The first-order valence-electron chi connectivity index (χ1n) is 5.56. The van der Waals surface area contributed by atoms with Gasteiger partial charge in [0.2, 0.25) is 0 Å². The Hall–Kier alpha value is -1.18. The topological polar surface area (TPSA) is 56.0 Å². The number of nitriles is 1. The number of aliphatic hydroxyl groups is 1. The van der Waals surface area contributed by atoms with E-state index in [1.165, 1.54) is 0 Å². The van der Waals surface area contributed by atoms with Gasteiger partial charge in [0.1, 0.15) is 6.07 Å². The predicted octanol–water partition coefficient (Wildman–Crippen LogP) is 2.85. The van der Waals surface area contributed by atoms with Crippen LogP contribution < -0.4 is 5.32 Å². The Balaban J connectivity index is 3.11. The Bertz CT molecular complexity index is 422. The number of benzene rings is 1. The van der Waals surface area contributed by atoms with Crippen molar-refractivity contribution in [3.63, 3.8) is 0 Å². The van der Waals surface area contributed by atoms with Gasteiger partial charge in [-0.2, -0.15) is 5.26 Å². The van der Waals surface area contributed by atoms with E-state index >= 15 is 0 Å². The second kappa shape index (κ2) is 5.95. The Kier molecular flexibility index (Phi) is 4.86. The molecule has 0 saturated heterocycles. The monoisotopic (exact) mass is 250 g/mol. The summed E-state index contributed by atoms with van der Waals surface area (Å²) in [7, 11) is 0. The third-order valence-electron chi connectivity index (χ3n) is 2.92. The van der Waals surface area contributed by atoms with Crippen LogP contribution in [0.3, 0.4) is 0 Å². The quantitative estimate of drug-likeness (QED) is 0.789. The van der Waals surface area contributed by atoms with E-state index < -0.39 is 0 Å². The van der Waals surface area contributed by atoms with Crippen molar-refractivity contribution >= 4 is 17.4 Å². The van der Waals surface area contributed by atoms with Gasteiger partial charge in [0.15, 0.2) is 0 Å². The molecule has 92 valence electrons. The molecule has 4 heteroatoms. The third-order valence-corrected chi connectivity index (χ3v) is 3.70. The van der Waals surface area contributed by atoms with Crippen molar-refractivity contribution in [3.8, 4) is 6.07 Å². The first kappa shape index (κ1) is 13.9. The number of nitrogens with zero attached hydrogens (tertiary/aromatic N) is 1. The fourth-order valence-electron chi connectivity index (χ4n) is 1.49. The molecule has 0 aliphatic heterocycles. The summed E-state index contributed by atoms with van der Waals surface area (Å²) in [5, 5.41) is 21.9. The maximum Gasteiger partial charge on any atom is 0.102 e. The van der Waals surface area contributed by atoms with Gasteiger partial charge >= 0.3 is 0 Å². The van der Waals surface area contributed by atoms with Gasteiger partial charge in [-0.15, -0.1) is 11.8 Å². The molecule has 2 N–H and O–H groups in total. The van der Waals surface area contributed by atoms with Crippen LogP contribution in [0.2, 0.25) is 0 Å². The highest BCUT2D eigenvalue weighted by Crippen LogP contribution is 2.28. The molecule has 1 atom stereocenters. The molecule has 0 fully saturated rings. The summed E-state index contributed by atoms with van der Waals surface area (Å²) in [6, 6.07) is 7.94. The molecule has 0 spiro atoms. The van der Waals surface area contributed by atoms with Gasteiger partial charge in [-0.05, 0) is 31.7 Å². The molecule has 0 amide bonds. The lowest BCUT2D eigenvalue weighted by Gasteiger charge is -2.29. The molecular weight excluding hydrogens is 232 g/mol. The summed E-state index contributed by atoms with van der Waals surface area (Å²) in [4.78, 5) is 0.953. The molecule has 1 aromatic carbocycles. The second-order valence-electron chi connectivity index (χ2n) is 4.19. The Morgan fingerprint density at radius 1 is 1.53 bits per heavy atom. The van der Waals surface area contributed by atoms with Crippen molar-refractivity contribution in [1.29, 1.82) is 5.26 Å². The van der Waals surface area contributed by atoms with E-state index in [0.29, 0.717) is 5.56 Å². The van der Waals surface area contributed by atoms with Gasteiger partial charge in [-0.3, -0.25) is 0 Å². The fourth-order valence-corrected chi connectivity index (χ4v) is 2.06. The first-order valence-corrected chi connectivity index (χ1v) is 6.79. The lowest BCUT2D eigenvalue weighted by molar-refractivity contribution is 0.219. The standard InChI is InChI=1S/C13H18N2OS/c1-4-13(2,9-16)15-11-6-5-7-12(17-3)10(11)8-14/h5-7,15-16H,4,9H2,1-3H3. The number of hydrogen-bond acceptors (Lipinski definition) is 4. The lowest BCUT2D eigenvalue weighted by atomic mass is 9.99. The van der Waals surface area contributed by atoms with Crippen molar-refractivity contribution in [1.82, 2.24) is 0 Å². The van der Waals surface area contributed by atoms with Crippen LogP contribution in [0.4, 0.5) is 5.69 Å². The molecule has 1 rings (SSSR count). The second-order valence-corrected chi connectivity index (χ2v) is 5.04. The van der Waals surface area contributed by atoms with Gasteiger partial charge in [0.25, 0.3) is 0 Å². The average Bonchev–Trinajstić information content (AvgIpc) is 2.38. The van der Waals surface area contributed by atoms with Gasteiger partial charge in [0, 0.05) is 4.90 Å². The molecule has 0 radical (unpaired) electrons. The summed E-state index contributed by atoms with van der Waals surface area (Å²) in [6.07, 6.45) is 2.74. The van der Waals surface area contributed by atoms with Crippen molar-refractivity contribution in [2.45, 2.75) is 30.7 Å². The summed E-state index contributed by atoms with van der Waals surface area (Å²) >= 11 is 1.55. The number of aliphatic hydroxyl groups excluding tert-OH is 1. The number of anilines is 1. The Labute approximate surface area is 107 Å². The van der Waals surface area contributed by atoms with E-state index in [-0.39, 0.29) is 12.1 Å². The van der Waals surface area contributed by atoms with E-state index in [4.69, 9.17) is 0 Å². The molecule has 0 aliphatic carbocycles. The molecule has 0 heterocycles. The maximum absolute atomic E-state index is 9.39. The predicted molar refractivity (Wildman–Crippen MR) is 72.3 cm³/mol. The molecule has 17 heavy (non-hydrogen) atoms. The van der Waals surface area contributed by atoms with Crippen LogP contribution in [0.5, 0.6) is 0 Å². The minimum absolute atomic E-state index is 0.0395. The van der Waals surface area contributed by atoms with Gasteiger partial charge in [-0.25, -0.2) is 0 Å². The van der Waals surface area contributed by atoms with Crippen LogP contribution in [-0.4, -0.2) is 23.5 Å². The van der Waals surface area contributed by atoms with Crippen molar-refractivity contribution in [3.05, 3.63) is 23.8 Å². The van der Waals surface area contributed by atoms with E-state index in [9.17, 15) is 10.4 Å². The normalized spacial score (nSPS) is 13.8. The SMILES string of the molecule is CCC(C)(CO)Nc1cccc(SC)c1C#N. The summed E-state index contributed by atoms with van der Waals surface area (Å²) in [5.74, 6) is 0. The van der Waals surface area contributed by atoms with Crippen LogP contribution in [0.15, 0.2) is 23.1 Å². The minimum atomic E-state index is -0.386. The largest absolute Gasteiger partial charge is 0.394 e. The molecule has 0 aromatic heterocycles. The van der Waals surface area contributed by atoms with Crippen molar-refractivity contribution in [2.75, 3.05) is 18.2 Å². The van der Waals surface area contributed by atoms with E-state index in [1.54, 1.807) is 11.8 Å². The highest BCUT2D eigenvalue weighted by atomic mass is 32.2. The highest BCUT2D eigenvalue weighted by Gasteiger charge is 2.22. The van der Waals surface area contributed by atoms with Crippen molar-refractivity contribution < 1.29 is 5.11 Å². The minimum Gasteiger partial charge on any atom is -0.394 e. The molecule has 0 aliphatic rings. The van der Waals surface area contributed by atoms with Gasteiger partial charge in [0.05, 0.1) is 23.4 Å². The smallest absolute Gasteiger partial charge is 0.102 e. The summed E-state index contributed by atoms with van der Waals surface area (Å²) in [6.45, 7) is 3.99. The van der Waals surface area contributed by atoms with E-state index in [1.807, 2.05) is 38.3 Å². The van der Waals surface area contributed by atoms with Gasteiger partial charge < -0.3 is 10.4 Å². The first-order chi connectivity index (χ1) is 8.10. The van der Waals surface area contributed by atoms with E-state index in [2.05, 4.69) is 11.4 Å². The number of thioether (sulfide) groups is 1. The van der Waals surface area contributed by atoms with Crippen LogP contribution in [0.1, 0.15) is 25.8 Å². The molecule has 3 nitrogen and oxygen atoms in total. The summed E-state index contributed by atoms with van der Waals surface area (Å²) < 4.78 is 0. The molecule has 0 bridgehead atoms. The Morgan fingerprint density at radius 2 is 2.24 bits per heavy atom. The zero-order valence-corrected chi connectivity index (χ0v) is 11.3. The fraction of sp³-hybridized carbons (Fsp3) is 0.462. The third kappa shape index (κ3) is 3.15.